The van der Waals surface area contributed by atoms with Crippen LogP contribution in [0.25, 0.3) is 0 Å². The van der Waals surface area contributed by atoms with E-state index in [9.17, 15) is 4.79 Å². The number of aromatic nitrogens is 3. The fraction of sp³-hybridized carbons (Fsp3) is 0.438. The minimum Gasteiger partial charge on any atom is -0.493 e. The maximum atomic E-state index is 12.8. The van der Waals surface area contributed by atoms with Crippen molar-refractivity contribution in [3.05, 3.63) is 30.1 Å². The monoisotopic (exact) mass is 332 g/mol. The molecule has 1 aliphatic heterocycles. The second kappa shape index (κ2) is 6.77. The number of methoxy groups -OCH3 is 3. The van der Waals surface area contributed by atoms with Crippen LogP contribution in [0.4, 0.5) is 0 Å². The van der Waals surface area contributed by atoms with E-state index in [1.807, 2.05) is 0 Å². The van der Waals surface area contributed by atoms with E-state index < -0.39 is 0 Å². The van der Waals surface area contributed by atoms with E-state index >= 15 is 0 Å². The second-order valence-corrected chi connectivity index (χ2v) is 5.46. The molecule has 1 aliphatic rings. The van der Waals surface area contributed by atoms with Crippen molar-refractivity contribution in [2.75, 3.05) is 34.4 Å². The minimum atomic E-state index is -0.0797. The van der Waals surface area contributed by atoms with Gasteiger partial charge in [-0.2, -0.15) is 15.0 Å². The fourth-order valence-corrected chi connectivity index (χ4v) is 2.92. The summed E-state index contributed by atoms with van der Waals surface area (Å²) in [5.74, 6) is 1.31. The maximum Gasteiger partial charge on any atom is 0.254 e. The van der Waals surface area contributed by atoms with Crippen LogP contribution >= 0.6 is 0 Å². The molecule has 1 saturated heterocycles. The van der Waals surface area contributed by atoms with Gasteiger partial charge in [-0.25, -0.2) is 0 Å². The number of amides is 1. The zero-order valence-corrected chi connectivity index (χ0v) is 13.9. The summed E-state index contributed by atoms with van der Waals surface area (Å²) >= 11 is 0. The first-order valence-corrected chi connectivity index (χ1v) is 7.63. The van der Waals surface area contributed by atoms with Gasteiger partial charge in [0.1, 0.15) is 0 Å². The van der Waals surface area contributed by atoms with Crippen LogP contribution in [0, 0.1) is 0 Å². The maximum absolute atomic E-state index is 12.8. The van der Waals surface area contributed by atoms with Crippen LogP contribution < -0.4 is 14.2 Å². The van der Waals surface area contributed by atoms with Gasteiger partial charge in [-0.1, -0.05) is 0 Å². The summed E-state index contributed by atoms with van der Waals surface area (Å²) in [5, 5.41) is 8.31. The van der Waals surface area contributed by atoms with Crippen LogP contribution in [0.15, 0.2) is 24.5 Å². The van der Waals surface area contributed by atoms with E-state index in [-0.39, 0.29) is 11.9 Å². The Kier molecular flexibility index (Phi) is 4.54. The third-order valence-corrected chi connectivity index (χ3v) is 4.13. The van der Waals surface area contributed by atoms with Gasteiger partial charge in [0.2, 0.25) is 5.75 Å². The highest BCUT2D eigenvalue weighted by atomic mass is 16.5. The SMILES string of the molecule is COc1cc(C(=O)N2CCC(n3nccn3)C2)cc(OC)c1OC. The Hall–Kier alpha value is -2.77. The molecule has 8 nitrogen and oxygen atoms in total. The van der Waals surface area contributed by atoms with Gasteiger partial charge in [0.15, 0.2) is 11.5 Å². The molecule has 0 radical (unpaired) electrons. The van der Waals surface area contributed by atoms with Gasteiger partial charge in [-0.05, 0) is 18.6 Å². The number of ether oxygens (including phenoxy) is 3. The van der Waals surface area contributed by atoms with Crippen molar-refractivity contribution < 1.29 is 19.0 Å². The predicted molar refractivity (Wildman–Crippen MR) is 85.7 cm³/mol. The number of carbonyl (C=O) groups excluding carboxylic acids is 1. The first kappa shape index (κ1) is 16.1. The van der Waals surface area contributed by atoms with Crippen LogP contribution in [0.5, 0.6) is 17.2 Å². The molecule has 1 aromatic heterocycles. The van der Waals surface area contributed by atoms with Crippen molar-refractivity contribution in [2.45, 2.75) is 12.5 Å². The smallest absolute Gasteiger partial charge is 0.254 e. The van der Waals surface area contributed by atoms with Crippen molar-refractivity contribution in [2.24, 2.45) is 0 Å². The number of hydrogen-bond acceptors (Lipinski definition) is 6. The summed E-state index contributed by atoms with van der Waals surface area (Å²) < 4.78 is 15.9. The fourth-order valence-electron chi connectivity index (χ4n) is 2.92. The molecule has 3 rings (SSSR count). The van der Waals surface area contributed by atoms with Gasteiger partial charge in [-0.3, -0.25) is 4.79 Å². The molecule has 0 saturated carbocycles. The van der Waals surface area contributed by atoms with Crippen LogP contribution in [-0.2, 0) is 0 Å². The Morgan fingerprint density at radius 2 is 1.71 bits per heavy atom. The molecule has 0 N–H and O–H groups in total. The highest BCUT2D eigenvalue weighted by Crippen LogP contribution is 2.38. The van der Waals surface area contributed by atoms with Gasteiger partial charge < -0.3 is 19.1 Å². The predicted octanol–water partition coefficient (Wildman–Crippen LogP) is 1.39. The molecule has 8 heteroatoms. The Morgan fingerprint density at radius 3 is 2.25 bits per heavy atom. The lowest BCUT2D eigenvalue weighted by Crippen LogP contribution is -2.29. The molecule has 1 amide bonds. The molecular formula is C16H20N4O4. The van der Waals surface area contributed by atoms with E-state index in [2.05, 4.69) is 10.2 Å². The summed E-state index contributed by atoms with van der Waals surface area (Å²) in [6.45, 7) is 1.23. The molecule has 0 aliphatic carbocycles. The van der Waals surface area contributed by atoms with Crippen molar-refractivity contribution >= 4 is 5.91 Å². The Labute approximate surface area is 139 Å². The highest BCUT2D eigenvalue weighted by molar-refractivity contribution is 5.95. The molecule has 0 spiro atoms. The third kappa shape index (κ3) is 2.86. The number of benzene rings is 1. The highest BCUT2D eigenvalue weighted by Gasteiger charge is 2.30. The standard InChI is InChI=1S/C16H20N4O4/c1-22-13-8-11(9-14(23-2)15(13)24-3)16(21)19-7-4-12(10-19)20-17-5-6-18-20/h5-6,8-9,12H,4,7,10H2,1-3H3. The van der Waals surface area contributed by atoms with E-state index in [4.69, 9.17) is 14.2 Å². The van der Waals surface area contributed by atoms with E-state index in [0.717, 1.165) is 6.42 Å². The second-order valence-electron chi connectivity index (χ2n) is 5.46. The normalized spacial score (nSPS) is 17.0. The largest absolute Gasteiger partial charge is 0.493 e. The number of nitrogens with zero attached hydrogens (tertiary/aromatic N) is 4. The van der Waals surface area contributed by atoms with Gasteiger partial charge in [0.05, 0.1) is 39.8 Å². The minimum absolute atomic E-state index is 0.0797. The Bertz CT molecular complexity index is 692. The molecule has 1 aromatic carbocycles. The van der Waals surface area contributed by atoms with Gasteiger partial charge in [0, 0.05) is 18.7 Å². The van der Waals surface area contributed by atoms with Crippen molar-refractivity contribution in [3.8, 4) is 17.2 Å². The lowest BCUT2D eigenvalue weighted by Gasteiger charge is -2.19. The molecule has 1 unspecified atom stereocenters. The number of likely N-dealkylation sites (tertiary alicyclic amines) is 1. The van der Waals surface area contributed by atoms with Crippen LogP contribution in [0.2, 0.25) is 0 Å². The van der Waals surface area contributed by atoms with E-state index in [1.54, 1.807) is 34.2 Å². The lowest BCUT2D eigenvalue weighted by molar-refractivity contribution is 0.0785. The molecule has 2 aromatic rings. The summed E-state index contributed by atoms with van der Waals surface area (Å²) in [4.78, 5) is 16.3. The summed E-state index contributed by atoms with van der Waals surface area (Å²) in [5.41, 5.74) is 0.499. The van der Waals surface area contributed by atoms with Crippen LogP contribution in [0.3, 0.4) is 0 Å². The van der Waals surface area contributed by atoms with Gasteiger partial charge >= 0.3 is 0 Å². The zero-order chi connectivity index (χ0) is 17.1. The number of hydrogen-bond donors (Lipinski definition) is 0. The topological polar surface area (TPSA) is 78.7 Å². The summed E-state index contributed by atoms with van der Waals surface area (Å²) in [6.07, 6.45) is 4.11. The Morgan fingerprint density at radius 1 is 1.08 bits per heavy atom. The van der Waals surface area contributed by atoms with Crippen molar-refractivity contribution in [3.63, 3.8) is 0 Å². The van der Waals surface area contributed by atoms with E-state index in [0.29, 0.717) is 35.9 Å². The quantitative estimate of drug-likeness (QED) is 0.823. The zero-order valence-electron chi connectivity index (χ0n) is 13.9. The van der Waals surface area contributed by atoms with E-state index in [1.165, 1.54) is 21.3 Å². The van der Waals surface area contributed by atoms with Crippen molar-refractivity contribution in [1.29, 1.82) is 0 Å². The molecule has 2 heterocycles. The number of rotatable bonds is 5. The summed E-state index contributed by atoms with van der Waals surface area (Å²) in [6, 6.07) is 3.44. The third-order valence-electron chi connectivity index (χ3n) is 4.13. The average Bonchev–Trinajstić information content (AvgIpc) is 3.30. The lowest BCUT2D eigenvalue weighted by atomic mass is 10.1. The summed E-state index contributed by atoms with van der Waals surface area (Å²) in [7, 11) is 4.59. The molecule has 1 atom stereocenters. The number of carbonyl (C=O) groups is 1. The van der Waals surface area contributed by atoms with Crippen molar-refractivity contribution in [1.82, 2.24) is 19.9 Å². The average molecular weight is 332 g/mol. The van der Waals surface area contributed by atoms with Crippen LogP contribution in [0.1, 0.15) is 22.8 Å². The molecule has 24 heavy (non-hydrogen) atoms. The Balaban J connectivity index is 1.82. The molecule has 1 fully saturated rings. The molecule has 0 bridgehead atoms. The molecular weight excluding hydrogens is 312 g/mol. The van der Waals surface area contributed by atoms with Gasteiger partial charge in [0.25, 0.3) is 5.91 Å². The first-order valence-electron chi connectivity index (χ1n) is 7.63. The van der Waals surface area contributed by atoms with Gasteiger partial charge in [-0.15, -0.1) is 0 Å². The molecule has 128 valence electrons. The first-order chi connectivity index (χ1) is 11.7. The van der Waals surface area contributed by atoms with Crippen LogP contribution in [-0.4, -0.2) is 60.2 Å².